The molecule has 0 saturated carbocycles. The molecule has 1 aliphatic heterocycles. The second kappa shape index (κ2) is 11.4. The van der Waals surface area contributed by atoms with Crippen molar-refractivity contribution in [1.29, 1.82) is 0 Å². The van der Waals surface area contributed by atoms with Gasteiger partial charge in [0.15, 0.2) is 16.7 Å². The predicted molar refractivity (Wildman–Crippen MR) is 141 cm³/mol. The Kier molecular flexibility index (Phi) is 8.81. The third-order valence-electron chi connectivity index (χ3n) is 4.68. The van der Waals surface area contributed by atoms with Gasteiger partial charge in [-0.3, -0.25) is 14.7 Å². The van der Waals surface area contributed by atoms with Gasteiger partial charge >= 0.3 is 0 Å². The maximum absolute atomic E-state index is 14.0. The van der Waals surface area contributed by atoms with Crippen molar-refractivity contribution < 1.29 is 18.7 Å². The quantitative estimate of drug-likeness (QED) is 0.264. The van der Waals surface area contributed by atoms with Gasteiger partial charge in [-0.1, -0.05) is 18.2 Å². The maximum atomic E-state index is 14.0. The van der Waals surface area contributed by atoms with E-state index < -0.39 is 0 Å². The van der Waals surface area contributed by atoms with Crippen LogP contribution in [0.2, 0.25) is 0 Å². The number of amidine groups is 1. The largest absolute Gasteiger partial charge is 0.490 e. The standard InChI is InChI=1S/C25H28FIN2O3S/c1-6-31-21-12-17(11-20(27)23(21)32-14-18-9-7-8-10-19(18)26)13-22-24(30)29(16(4)5)25(33-22)28-15(2)3/h7-13,15-16H,6,14H2,1-5H3/b22-13+,28-25?. The van der Waals surface area contributed by atoms with Gasteiger partial charge in [0.1, 0.15) is 12.4 Å². The summed E-state index contributed by atoms with van der Waals surface area (Å²) in [7, 11) is 0. The van der Waals surface area contributed by atoms with Gasteiger partial charge in [-0.05, 0) is 98.8 Å². The van der Waals surface area contributed by atoms with Crippen molar-refractivity contribution in [3.63, 3.8) is 0 Å². The fourth-order valence-corrected chi connectivity index (χ4v) is 5.26. The summed E-state index contributed by atoms with van der Waals surface area (Å²) in [6, 6.07) is 10.4. The summed E-state index contributed by atoms with van der Waals surface area (Å²) in [6.07, 6.45) is 1.86. The van der Waals surface area contributed by atoms with Crippen LogP contribution in [0.4, 0.5) is 4.39 Å². The first kappa shape index (κ1) is 25.6. The van der Waals surface area contributed by atoms with Gasteiger partial charge < -0.3 is 9.47 Å². The number of carbonyl (C=O) groups excluding carboxylic acids is 1. The van der Waals surface area contributed by atoms with Gasteiger partial charge in [0.2, 0.25) is 0 Å². The molecule has 0 spiro atoms. The van der Waals surface area contributed by atoms with Gasteiger partial charge in [-0.2, -0.15) is 0 Å². The van der Waals surface area contributed by atoms with Gasteiger partial charge in [-0.25, -0.2) is 4.39 Å². The highest BCUT2D eigenvalue weighted by molar-refractivity contribution is 14.1. The molecule has 0 atom stereocenters. The number of hydrogen-bond donors (Lipinski definition) is 0. The molecule has 33 heavy (non-hydrogen) atoms. The molecule has 1 amide bonds. The lowest BCUT2D eigenvalue weighted by Gasteiger charge is -2.20. The number of halogens is 2. The van der Waals surface area contributed by atoms with Gasteiger partial charge in [0, 0.05) is 17.6 Å². The molecule has 0 bridgehead atoms. The van der Waals surface area contributed by atoms with Crippen LogP contribution < -0.4 is 9.47 Å². The van der Waals surface area contributed by atoms with Crippen LogP contribution in [-0.4, -0.2) is 34.7 Å². The summed E-state index contributed by atoms with van der Waals surface area (Å²) in [5.74, 6) is 0.748. The number of amides is 1. The number of thioether (sulfide) groups is 1. The highest BCUT2D eigenvalue weighted by Crippen LogP contribution is 2.38. The molecule has 1 saturated heterocycles. The molecule has 0 N–H and O–H groups in total. The van der Waals surface area contributed by atoms with Crippen molar-refractivity contribution in [2.75, 3.05) is 6.61 Å². The summed E-state index contributed by atoms with van der Waals surface area (Å²) >= 11 is 3.56. The average Bonchev–Trinajstić information content (AvgIpc) is 3.03. The van der Waals surface area contributed by atoms with Gasteiger partial charge in [0.05, 0.1) is 15.1 Å². The van der Waals surface area contributed by atoms with E-state index in [-0.39, 0.29) is 30.4 Å². The summed E-state index contributed by atoms with van der Waals surface area (Å²) < 4.78 is 26.6. The van der Waals surface area contributed by atoms with Crippen LogP contribution in [0.25, 0.3) is 6.08 Å². The summed E-state index contributed by atoms with van der Waals surface area (Å²) in [6.45, 7) is 10.4. The molecule has 1 aliphatic rings. The lowest BCUT2D eigenvalue weighted by Crippen LogP contribution is -2.35. The number of rotatable bonds is 8. The highest BCUT2D eigenvalue weighted by atomic mass is 127. The molecule has 0 unspecified atom stereocenters. The molecule has 1 fully saturated rings. The lowest BCUT2D eigenvalue weighted by atomic mass is 10.1. The second-order valence-electron chi connectivity index (χ2n) is 8.03. The lowest BCUT2D eigenvalue weighted by molar-refractivity contribution is -0.123. The van der Waals surface area contributed by atoms with E-state index in [9.17, 15) is 9.18 Å². The number of benzene rings is 2. The molecule has 0 radical (unpaired) electrons. The van der Waals surface area contributed by atoms with E-state index in [1.165, 1.54) is 17.8 Å². The predicted octanol–water partition coefficient (Wildman–Crippen LogP) is 6.50. The van der Waals surface area contributed by atoms with E-state index >= 15 is 0 Å². The third-order valence-corrected chi connectivity index (χ3v) is 6.48. The zero-order valence-electron chi connectivity index (χ0n) is 19.4. The summed E-state index contributed by atoms with van der Waals surface area (Å²) in [4.78, 5) is 20.0. The van der Waals surface area contributed by atoms with E-state index in [1.54, 1.807) is 23.1 Å². The van der Waals surface area contributed by atoms with Crippen LogP contribution in [0.15, 0.2) is 46.3 Å². The number of carbonyl (C=O) groups is 1. The molecule has 5 nitrogen and oxygen atoms in total. The maximum Gasteiger partial charge on any atom is 0.266 e. The minimum absolute atomic E-state index is 0.0154. The first-order valence-electron chi connectivity index (χ1n) is 10.8. The average molecular weight is 582 g/mol. The first-order chi connectivity index (χ1) is 15.7. The van der Waals surface area contributed by atoms with Crippen molar-refractivity contribution in [1.82, 2.24) is 4.90 Å². The number of nitrogens with zero attached hydrogens (tertiary/aromatic N) is 2. The first-order valence-corrected chi connectivity index (χ1v) is 12.7. The van der Waals surface area contributed by atoms with E-state index in [4.69, 9.17) is 9.47 Å². The fraction of sp³-hybridized carbons (Fsp3) is 0.360. The van der Waals surface area contributed by atoms with Crippen molar-refractivity contribution in [2.24, 2.45) is 4.99 Å². The Morgan fingerprint density at radius 1 is 1.18 bits per heavy atom. The van der Waals surface area contributed by atoms with Crippen LogP contribution >= 0.6 is 34.4 Å². The van der Waals surface area contributed by atoms with E-state index in [0.29, 0.717) is 28.6 Å². The Morgan fingerprint density at radius 2 is 1.91 bits per heavy atom. The zero-order chi connectivity index (χ0) is 24.1. The smallest absolute Gasteiger partial charge is 0.266 e. The molecular weight excluding hydrogens is 554 g/mol. The Bertz CT molecular complexity index is 1090. The van der Waals surface area contributed by atoms with Crippen molar-refractivity contribution in [3.8, 4) is 11.5 Å². The highest BCUT2D eigenvalue weighted by Gasteiger charge is 2.35. The van der Waals surface area contributed by atoms with Crippen molar-refractivity contribution in [2.45, 2.75) is 53.3 Å². The van der Waals surface area contributed by atoms with E-state index in [1.807, 2.05) is 52.8 Å². The summed E-state index contributed by atoms with van der Waals surface area (Å²) in [5.41, 5.74) is 1.30. The van der Waals surface area contributed by atoms with Gasteiger partial charge in [0.25, 0.3) is 5.91 Å². The monoisotopic (exact) mass is 582 g/mol. The third kappa shape index (κ3) is 6.29. The van der Waals surface area contributed by atoms with E-state index in [0.717, 1.165) is 14.3 Å². The SMILES string of the molecule is CCOc1cc(/C=C2/SC(=NC(C)C)N(C(C)C)C2=O)cc(I)c1OCc1ccccc1F. The zero-order valence-corrected chi connectivity index (χ0v) is 22.4. The van der Waals surface area contributed by atoms with Crippen LogP contribution in [0.3, 0.4) is 0 Å². The van der Waals surface area contributed by atoms with E-state index in [2.05, 4.69) is 27.6 Å². The Labute approximate surface area is 212 Å². The number of aliphatic imine (C=N–C) groups is 1. The minimum Gasteiger partial charge on any atom is -0.490 e. The minimum atomic E-state index is -0.308. The molecule has 0 aromatic heterocycles. The molecule has 0 aliphatic carbocycles. The van der Waals surface area contributed by atoms with Crippen LogP contribution in [-0.2, 0) is 11.4 Å². The van der Waals surface area contributed by atoms with Crippen LogP contribution in [0, 0.1) is 9.39 Å². The number of hydrogen-bond acceptors (Lipinski definition) is 5. The molecule has 2 aromatic carbocycles. The molecule has 176 valence electrons. The Hall–Kier alpha value is -2.07. The summed E-state index contributed by atoms with van der Waals surface area (Å²) in [5, 5.41) is 0.723. The van der Waals surface area contributed by atoms with Crippen LogP contribution in [0.5, 0.6) is 11.5 Å². The fourth-order valence-electron chi connectivity index (χ4n) is 3.24. The molecule has 1 heterocycles. The normalized spacial score (nSPS) is 16.5. The number of ether oxygens (including phenoxy) is 2. The molecule has 2 aromatic rings. The van der Waals surface area contributed by atoms with Crippen LogP contribution in [0.1, 0.15) is 45.7 Å². The molecule has 8 heteroatoms. The van der Waals surface area contributed by atoms with Gasteiger partial charge in [-0.15, -0.1) is 0 Å². The van der Waals surface area contributed by atoms with Crippen molar-refractivity contribution >= 4 is 51.5 Å². The molecular formula is C25H28FIN2O3S. The second-order valence-corrected chi connectivity index (χ2v) is 10.2. The molecule has 3 rings (SSSR count). The topological polar surface area (TPSA) is 51.1 Å². The van der Waals surface area contributed by atoms with Crippen molar-refractivity contribution in [3.05, 3.63) is 61.8 Å². The Balaban J connectivity index is 1.92. The Morgan fingerprint density at radius 3 is 2.55 bits per heavy atom.